The van der Waals surface area contributed by atoms with E-state index in [9.17, 15) is 10.1 Å². The summed E-state index contributed by atoms with van der Waals surface area (Å²) in [6, 6.07) is 19.8. The molecule has 1 unspecified atom stereocenters. The van der Waals surface area contributed by atoms with Crippen molar-refractivity contribution in [2.45, 2.75) is 12.8 Å². The number of fused-ring (bicyclic) bond motifs is 1. The number of allylic oxidation sites excluding steroid dienone is 1. The highest BCUT2D eigenvalue weighted by molar-refractivity contribution is 5.74. The fourth-order valence-electron chi connectivity index (χ4n) is 3.89. The quantitative estimate of drug-likeness (QED) is 0.402. The third-order valence-corrected chi connectivity index (χ3v) is 5.52. The summed E-state index contributed by atoms with van der Waals surface area (Å²) in [5.41, 5.74) is 8.71. The van der Waals surface area contributed by atoms with Crippen LogP contribution in [-0.2, 0) is 4.79 Å². The van der Waals surface area contributed by atoms with Crippen LogP contribution in [-0.4, -0.2) is 26.8 Å². The Balaban J connectivity index is 1.61. The molecule has 1 atom stereocenters. The van der Waals surface area contributed by atoms with Gasteiger partial charge in [-0.15, -0.1) is 0 Å². The van der Waals surface area contributed by atoms with Crippen LogP contribution >= 0.6 is 0 Å². The minimum atomic E-state index is -0.575. The van der Waals surface area contributed by atoms with Gasteiger partial charge in [-0.1, -0.05) is 18.2 Å². The van der Waals surface area contributed by atoms with E-state index in [1.54, 1.807) is 56.7 Å². The van der Waals surface area contributed by atoms with E-state index >= 15 is 0 Å². The smallest absolute Gasteiger partial charge is 0.349 e. The van der Waals surface area contributed by atoms with Gasteiger partial charge in [-0.2, -0.15) is 5.26 Å². The van der Waals surface area contributed by atoms with Crippen molar-refractivity contribution in [3.63, 3.8) is 0 Å². The molecule has 0 saturated carbocycles. The molecule has 4 rings (SSSR count). The Morgan fingerprint density at radius 3 is 2.51 bits per heavy atom. The molecule has 35 heavy (non-hydrogen) atoms. The van der Waals surface area contributed by atoms with Crippen molar-refractivity contribution in [1.29, 1.82) is 5.26 Å². The zero-order chi connectivity index (χ0) is 24.9. The first kappa shape index (κ1) is 23.5. The number of nitrogens with two attached hydrogens (primary N) is 1. The van der Waals surface area contributed by atoms with E-state index in [1.807, 2.05) is 25.1 Å². The van der Waals surface area contributed by atoms with Crippen LogP contribution in [0.3, 0.4) is 0 Å². The number of benzene rings is 3. The normalized spacial score (nSPS) is 14.3. The second-order valence-electron chi connectivity index (χ2n) is 7.81. The number of nitrogens with zero attached hydrogens (tertiary/aromatic N) is 1. The van der Waals surface area contributed by atoms with E-state index in [4.69, 9.17) is 29.4 Å². The van der Waals surface area contributed by atoms with Gasteiger partial charge in [-0.3, -0.25) is 0 Å². The molecule has 3 aromatic carbocycles. The molecule has 0 amide bonds. The van der Waals surface area contributed by atoms with Crippen molar-refractivity contribution in [2.75, 3.05) is 20.8 Å². The Bertz CT molecular complexity index is 1340. The number of hydrogen-bond donors (Lipinski definition) is 1. The molecule has 8 nitrogen and oxygen atoms in total. The summed E-state index contributed by atoms with van der Waals surface area (Å²) in [6.45, 7) is 1.68. The topological polar surface area (TPSA) is 113 Å². The Hall–Kier alpha value is -4.64. The number of rotatable bonds is 7. The number of esters is 1. The van der Waals surface area contributed by atoms with Gasteiger partial charge in [0.1, 0.15) is 40.4 Å². The Morgan fingerprint density at radius 2 is 1.80 bits per heavy atom. The maximum atomic E-state index is 12.3. The van der Waals surface area contributed by atoms with Gasteiger partial charge < -0.3 is 29.4 Å². The number of nitriles is 1. The zero-order valence-corrected chi connectivity index (χ0v) is 19.5. The van der Waals surface area contributed by atoms with Crippen molar-refractivity contribution in [3.8, 4) is 34.8 Å². The second kappa shape index (κ2) is 10.1. The molecular formula is C27H24N2O6. The molecule has 0 aromatic heterocycles. The average Bonchev–Trinajstić information content (AvgIpc) is 2.86. The van der Waals surface area contributed by atoms with Crippen LogP contribution in [0.25, 0.3) is 0 Å². The van der Waals surface area contributed by atoms with Crippen molar-refractivity contribution in [1.82, 2.24) is 0 Å². The first-order valence-electron chi connectivity index (χ1n) is 10.8. The molecule has 0 aliphatic carbocycles. The maximum absolute atomic E-state index is 12.3. The van der Waals surface area contributed by atoms with Gasteiger partial charge in [0.25, 0.3) is 0 Å². The molecule has 8 heteroatoms. The first-order chi connectivity index (χ1) is 16.9. The summed E-state index contributed by atoms with van der Waals surface area (Å²) >= 11 is 0. The fourth-order valence-corrected chi connectivity index (χ4v) is 3.89. The summed E-state index contributed by atoms with van der Waals surface area (Å²) in [5, 5.41) is 9.83. The minimum Gasteiger partial charge on any atom is -0.497 e. The number of carbonyl (C=O) groups excluding carboxylic acids is 1. The lowest BCUT2D eigenvalue weighted by molar-refractivity contribution is -0.136. The highest BCUT2D eigenvalue weighted by Crippen LogP contribution is 2.46. The monoisotopic (exact) mass is 472 g/mol. The van der Waals surface area contributed by atoms with Crippen LogP contribution in [0.5, 0.6) is 28.7 Å². The van der Waals surface area contributed by atoms with Crippen LogP contribution in [0, 0.1) is 18.3 Å². The third-order valence-electron chi connectivity index (χ3n) is 5.52. The predicted molar refractivity (Wildman–Crippen MR) is 128 cm³/mol. The molecule has 1 heterocycles. The highest BCUT2D eigenvalue weighted by atomic mass is 16.6. The zero-order valence-electron chi connectivity index (χ0n) is 19.5. The average molecular weight is 472 g/mol. The molecule has 0 radical (unpaired) electrons. The van der Waals surface area contributed by atoms with Crippen molar-refractivity contribution >= 4 is 5.97 Å². The summed E-state index contributed by atoms with van der Waals surface area (Å²) in [5.74, 6) is 1.18. The lowest BCUT2D eigenvalue weighted by atomic mass is 9.83. The van der Waals surface area contributed by atoms with Crippen LogP contribution in [0.1, 0.15) is 22.6 Å². The molecular weight excluding hydrogens is 448 g/mol. The van der Waals surface area contributed by atoms with Crippen LogP contribution in [0.15, 0.2) is 72.1 Å². The SMILES string of the molecule is COc1ccc(OC)c(C2C(C#N)=C(N)Oc3cc(OC(=O)COc4cccc(C)c4)ccc32)c1. The number of aryl methyl sites for hydroxylation is 1. The van der Waals surface area contributed by atoms with Crippen molar-refractivity contribution in [2.24, 2.45) is 5.73 Å². The predicted octanol–water partition coefficient (Wildman–Crippen LogP) is 4.21. The van der Waals surface area contributed by atoms with Crippen LogP contribution in [0.2, 0.25) is 0 Å². The third kappa shape index (κ3) is 4.99. The summed E-state index contributed by atoms with van der Waals surface area (Å²) in [7, 11) is 3.11. The number of ether oxygens (including phenoxy) is 5. The van der Waals surface area contributed by atoms with Gasteiger partial charge in [0.2, 0.25) is 5.88 Å². The Labute approximate surface area is 203 Å². The van der Waals surface area contributed by atoms with E-state index in [-0.39, 0.29) is 23.8 Å². The second-order valence-corrected chi connectivity index (χ2v) is 7.81. The number of methoxy groups -OCH3 is 2. The van der Waals surface area contributed by atoms with Gasteiger partial charge in [0.15, 0.2) is 6.61 Å². The molecule has 1 aliphatic rings. The summed E-state index contributed by atoms with van der Waals surface area (Å²) in [4.78, 5) is 12.3. The highest BCUT2D eigenvalue weighted by Gasteiger charge is 2.33. The lowest BCUT2D eigenvalue weighted by Gasteiger charge is -2.28. The van der Waals surface area contributed by atoms with E-state index < -0.39 is 11.9 Å². The summed E-state index contributed by atoms with van der Waals surface area (Å²) in [6.07, 6.45) is 0. The molecule has 1 aliphatic heterocycles. The van der Waals surface area contributed by atoms with Gasteiger partial charge in [-0.25, -0.2) is 4.79 Å². The molecule has 2 N–H and O–H groups in total. The van der Waals surface area contributed by atoms with Gasteiger partial charge in [-0.05, 0) is 48.9 Å². The largest absolute Gasteiger partial charge is 0.497 e. The maximum Gasteiger partial charge on any atom is 0.349 e. The lowest BCUT2D eigenvalue weighted by Crippen LogP contribution is -2.22. The van der Waals surface area contributed by atoms with Crippen LogP contribution < -0.4 is 29.4 Å². The molecule has 0 saturated heterocycles. The van der Waals surface area contributed by atoms with E-state index in [0.29, 0.717) is 34.1 Å². The Kier molecular flexibility index (Phi) is 6.78. The molecule has 178 valence electrons. The number of hydrogen-bond acceptors (Lipinski definition) is 8. The van der Waals surface area contributed by atoms with Gasteiger partial charge in [0.05, 0.1) is 20.1 Å². The van der Waals surface area contributed by atoms with E-state index in [2.05, 4.69) is 6.07 Å². The molecule has 0 fully saturated rings. The number of carbonyl (C=O) groups is 1. The minimum absolute atomic E-state index is 0.0406. The van der Waals surface area contributed by atoms with E-state index in [0.717, 1.165) is 5.56 Å². The molecule has 0 bridgehead atoms. The van der Waals surface area contributed by atoms with Gasteiger partial charge in [0, 0.05) is 17.2 Å². The summed E-state index contributed by atoms with van der Waals surface area (Å²) < 4.78 is 27.6. The molecule has 3 aromatic rings. The fraction of sp³-hybridized carbons (Fsp3) is 0.185. The molecule has 0 spiro atoms. The standard InChI is InChI=1S/C27H24N2O6/c1-16-5-4-6-18(11-16)33-15-25(30)34-19-7-9-20-24(13-19)35-27(29)22(14-28)26(20)21-12-17(31-2)8-10-23(21)32-3/h4-13,26H,15,29H2,1-3H3. The van der Waals surface area contributed by atoms with Crippen LogP contribution in [0.4, 0.5) is 0 Å². The first-order valence-corrected chi connectivity index (χ1v) is 10.8. The van der Waals surface area contributed by atoms with E-state index in [1.165, 1.54) is 0 Å². The Morgan fingerprint density at radius 1 is 1.00 bits per heavy atom. The van der Waals surface area contributed by atoms with Crippen molar-refractivity contribution < 1.29 is 28.5 Å². The van der Waals surface area contributed by atoms with Crippen molar-refractivity contribution in [3.05, 3.63) is 88.8 Å². The van der Waals surface area contributed by atoms with Gasteiger partial charge >= 0.3 is 5.97 Å².